The molecule has 25 heavy (non-hydrogen) atoms. The molecule has 0 aliphatic carbocycles. The van der Waals surface area contributed by atoms with Crippen LogP contribution in [0.5, 0.6) is 17.2 Å². The molecule has 2 aromatic carbocycles. The van der Waals surface area contributed by atoms with Crippen LogP contribution in [0.3, 0.4) is 0 Å². The van der Waals surface area contributed by atoms with Gasteiger partial charge in [0.15, 0.2) is 11.5 Å². The lowest BCUT2D eigenvalue weighted by molar-refractivity contribution is -0.118. The molecular formula is C20H23NO4. The molecule has 0 saturated heterocycles. The first-order valence-corrected chi connectivity index (χ1v) is 8.28. The topological polar surface area (TPSA) is 48.0 Å². The molecule has 0 saturated carbocycles. The number of fused-ring (bicyclic) bond motifs is 1. The number of methoxy groups -OCH3 is 3. The quantitative estimate of drug-likeness (QED) is 0.838. The van der Waals surface area contributed by atoms with Gasteiger partial charge in [-0.05, 0) is 31.0 Å². The molecule has 1 atom stereocenters. The zero-order valence-corrected chi connectivity index (χ0v) is 15.0. The summed E-state index contributed by atoms with van der Waals surface area (Å²) in [5.74, 6) is 1.67. The van der Waals surface area contributed by atoms with Crippen LogP contribution in [-0.2, 0) is 17.6 Å². The minimum Gasteiger partial charge on any atom is -0.493 e. The Labute approximate surface area is 148 Å². The predicted molar refractivity (Wildman–Crippen MR) is 96.9 cm³/mol. The highest BCUT2D eigenvalue weighted by Gasteiger charge is 2.31. The van der Waals surface area contributed by atoms with Gasteiger partial charge in [0.2, 0.25) is 11.7 Å². The van der Waals surface area contributed by atoms with Crippen molar-refractivity contribution in [1.29, 1.82) is 0 Å². The average molecular weight is 341 g/mol. The number of carbonyl (C=O) groups is 1. The first kappa shape index (κ1) is 17.1. The lowest BCUT2D eigenvalue weighted by Gasteiger charge is -2.23. The summed E-state index contributed by atoms with van der Waals surface area (Å²) in [4.78, 5) is 14.9. The van der Waals surface area contributed by atoms with Crippen LogP contribution in [0.2, 0.25) is 0 Å². The molecule has 3 rings (SSSR count). The van der Waals surface area contributed by atoms with Crippen molar-refractivity contribution in [1.82, 2.24) is 0 Å². The van der Waals surface area contributed by atoms with E-state index in [0.717, 1.165) is 17.7 Å². The van der Waals surface area contributed by atoms with Crippen LogP contribution >= 0.6 is 0 Å². The normalized spacial score (nSPS) is 15.7. The second-order valence-electron chi connectivity index (χ2n) is 6.12. The van der Waals surface area contributed by atoms with Crippen LogP contribution in [0.15, 0.2) is 36.4 Å². The van der Waals surface area contributed by atoms with Crippen LogP contribution in [0, 0.1) is 0 Å². The number of carbonyl (C=O) groups excluding carboxylic acids is 1. The lowest BCUT2D eigenvalue weighted by Crippen LogP contribution is -2.36. The zero-order chi connectivity index (χ0) is 18.0. The Morgan fingerprint density at radius 2 is 1.76 bits per heavy atom. The third-order valence-electron chi connectivity index (χ3n) is 4.60. The summed E-state index contributed by atoms with van der Waals surface area (Å²) in [7, 11) is 4.70. The minimum absolute atomic E-state index is 0.0444. The number of anilines is 1. The third-order valence-corrected chi connectivity index (χ3v) is 4.60. The second-order valence-corrected chi connectivity index (χ2v) is 6.12. The molecular weight excluding hydrogens is 318 g/mol. The number of benzene rings is 2. The zero-order valence-electron chi connectivity index (χ0n) is 15.0. The van der Waals surface area contributed by atoms with Gasteiger partial charge in [-0.3, -0.25) is 4.79 Å². The maximum Gasteiger partial charge on any atom is 0.231 e. The molecule has 1 heterocycles. The summed E-state index contributed by atoms with van der Waals surface area (Å²) in [6.45, 7) is 2.07. The summed E-state index contributed by atoms with van der Waals surface area (Å²) in [6, 6.07) is 11.9. The average Bonchev–Trinajstić information content (AvgIpc) is 2.96. The van der Waals surface area contributed by atoms with Crippen molar-refractivity contribution in [3.8, 4) is 17.2 Å². The third kappa shape index (κ3) is 3.02. The summed E-state index contributed by atoms with van der Waals surface area (Å²) in [5.41, 5.74) is 2.99. The van der Waals surface area contributed by atoms with E-state index in [4.69, 9.17) is 14.2 Å². The van der Waals surface area contributed by atoms with E-state index in [1.807, 2.05) is 29.2 Å². The summed E-state index contributed by atoms with van der Waals surface area (Å²) < 4.78 is 16.2. The number of rotatable bonds is 5. The standard InChI is InChI=1S/C20H23NO4/c1-13-11-14-7-5-6-8-16(14)21(13)18(22)12-15-9-10-17(23-2)20(25-4)19(15)24-3/h5-10,13H,11-12H2,1-4H3. The molecule has 1 unspecified atom stereocenters. The highest BCUT2D eigenvalue weighted by Crippen LogP contribution is 2.40. The van der Waals surface area contributed by atoms with Crippen molar-refractivity contribution < 1.29 is 19.0 Å². The number of hydrogen-bond acceptors (Lipinski definition) is 4. The molecule has 1 amide bonds. The fourth-order valence-corrected chi connectivity index (χ4v) is 3.50. The van der Waals surface area contributed by atoms with Gasteiger partial charge in [-0.2, -0.15) is 0 Å². The second kappa shape index (κ2) is 7.05. The monoisotopic (exact) mass is 341 g/mol. The Hall–Kier alpha value is -2.69. The largest absolute Gasteiger partial charge is 0.493 e. The van der Waals surface area contributed by atoms with E-state index in [9.17, 15) is 4.79 Å². The van der Waals surface area contributed by atoms with Crippen molar-refractivity contribution in [2.45, 2.75) is 25.8 Å². The van der Waals surface area contributed by atoms with Gasteiger partial charge in [0.1, 0.15) is 0 Å². The van der Waals surface area contributed by atoms with Gasteiger partial charge >= 0.3 is 0 Å². The van der Waals surface area contributed by atoms with Gasteiger partial charge < -0.3 is 19.1 Å². The number of para-hydroxylation sites is 1. The van der Waals surface area contributed by atoms with Crippen molar-refractivity contribution in [3.05, 3.63) is 47.5 Å². The van der Waals surface area contributed by atoms with E-state index < -0.39 is 0 Å². The molecule has 0 aromatic heterocycles. The molecule has 0 N–H and O–H groups in total. The van der Waals surface area contributed by atoms with Gasteiger partial charge in [0.25, 0.3) is 0 Å². The van der Waals surface area contributed by atoms with E-state index >= 15 is 0 Å². The number of hydrogen-bond donors (Lipinski definition) is 0. The maximum atomic E-state index is 13.0. The molecule has 0 fully saturated rings. The van der Waals surface area contributed by atoms with E-state index in [1.165, 1.54) is 5.56 Å². The van der Waals surface area contributed by atoms with Crippen LogP contribution in [0.1, 0.15) is 18.1 Å². The van der Waals surface area contributed by atoms with Gasteiger partial charge in [-0.25, -0.2) is 0 Å². The van der Waals surface area contributed by atoms with E-state index in [0.29, 0.717) is 17.2 Å². The fraction of sp³-hybridized carbons (Fsp3) is 0.350. The van der Waals surface area contributed by atoms with Crippen LogP contribution < -0.4 is 19.1 Å². The molecule has 5 nitrogen and oxygen atoms in total. The van der Waals surface area contributed by atoms with E-state index in [1.54, 1.807) is 27.4 Å². The Balaban J connectivity index is 1.91. The Morgan fingerprint density at radius 1 is 1.04 bits per heavy atom. The number of amides is 1. The van der Waals surface area contributed by atoms with Gasteiger partial charge in [-0.1, -0.05) is 24.3 Å². The van der Waals surface area contributed by atoms with Crippen molar-refractivity contribution in [3.63, 3.8) is 0 Å². The molecule has 0 radical (unpaired) electrons. The Bertz CT molecular complexity index is 787. The number of nitrogens with zero attached hydrogens (tertiary/aromatic N) is 1. The maximum absolute atomic E-state index is 13.0. The summed E-state index contributed by atoms with van der Waals surface area (Å²) in [6.07, 6.45) is 1.12. The SMILES string of the molecule is COc1ccc(CC(=O)N2c3ccccc3CC2C)c(OC)c1OC. The first-order chi connectivity index (χ1) is 12.1. The van der Waals surface area contributed by atoms with Gasteiger partial charge in [0.05, 0.1) is 27.8 Å². The molecule has 132 valence electrons. The first-order valence-electron chi connectivity index (χ1n) is 8.28. The van der Waals surface area contributed by atoms with Gasteiger partial charge in [-0.15, -0.1) is 0 Å². The molecule has 0 bridgehead atoms. The molecule has 2 aromatic rings. The fourth-order valence-electron chi connectivity index (χ4n) is 3.50. The van der Waals surface area contributed by atoms with Crippen LogP contribution in [0.4, 0.5) is 5.69 Å². The predicted octanol–water partition coefficient (Wildman–Crippen LogP) is 3.23. The molecule has 1 aliphatic heterocycles. The Kier molecular flexibility index (Phi) is 4.83. The molecule has 1 aliphatic rings. The molecule has 5 heteroatoms. The highest BCUT2D eigenvalue weighted by atomic mass is 16.5. The highest BCUT2D eigenvalue weighted by molar-refractivity contribution is 5.97. The lowest BCUT2D eigenvalue weighted by atomic mass is 10.1. The van der Waals surface area contributed by atoms with Crippen molar-refractivity contribution in [2.75, 3.05) is 26.2 Å². The Morgan fingerprint density at radius 3 is 2.44 bits per heavy atom. The van der Waals surface area contributed by atoms with Gasteiger partial charge in [0, 0.05) is 17.3 Å². The van der Waals surface area contributed by atoms with Crippen LogP contribution in [0.25, 0.3) is 0 Å². The molecule has 0 spiro atoms. The summed E-state index contributed by atoms with van der Waals surface area (Å²) >= 11 is 0. The van der Waals surface area contributed by atoms with Crippen LogP contribution in [-0.4, -0.2) is 33.3 Å². The van der Waals surface area contributed by atoms with Crippen molar-refractivity contribution in [2.24, 2.45) is 0 Å². The minimum atomic E-state index is 0.0444. The van der Waals surface area contributed by atoms with Crippen molar-refractivity contribution >= 4 is 11.6 Å². The summed E-state index contributed by atoms with van der Waals surface area (Å²) in [5, 5.41) is 0. The van der Waals surface area contributed by atoms with E-state index in [2.05, 4.69) is 13.0 Å². The van der Waals surface area contributed by atoms with E-state index in [-0.39, 0.29) is 18.4 Å². The smallest absolute Gasteiger partial charge is 0.231 e. The number of ether oxygens (including phenoxy) is 3.